The Morgan fingerprint density at radius 3 is 2.81 bits per heavy atom. The van der Waals surface area contributed by atoms with Crippen LogP contribution in [0.25, 0.3) is 5.69 Å². The van der Waals surface area contributed by atoms with Crippen molar-refractivity contribution in [2.45, 2.75) is 32.8 Å². The predicted octanol–water partition coefficient (Wildman–Crippen LogP) is 3.17. The summed E-state index contributed by atoms with van der Waals surface area (Å²) < 4.78 is 16.8. The van der Waals surface area contributed by atoms with Crippen LogP contribution in [0.1, 0.15) is 35.9 Å². The standard InChI is InChI=1S/C19H20FN5O/c1-13(14-10-21-24(2)11-14)23-26-12-18-17-4-3-5-19(17)25(22-18)16-8-6-15(20)7-9-16/h6-11H,3-5,12H2,1-2H3/b23-13+. The number of oxime groups is 1. The Kier molecular flexibility index (Phi) is 4.28. The Balaban J connectivity index is 1.54. The fourth-order valence-electron chi connectivity index (χ4n) is 3.28. The Morgan fingerprint density at radius 2 is 2.08 bits per heavy atom. The highest BCUT2D eigenvalue weighted by Gasteiger charge is 2.23. The van der Waals surface area contributed by atoms with E-state index in [2.05, 4.69) is 15.4 Å². The zero-order valence-electron chi connectivity index (χ0n) is 14.8. The average Bonchev–Trinajstić information content (AvgIpc) is 3.33. The van der Waals surface area contributed by atoms with E-state index in [4.69, 9.17) is 4.84 Å². The molecule has 1 aliphatic carbocycles. The van der Waals surface area contributed by atoms with Crippen LogP contribution in [0.5, 0.6) is 0 Å². The molecule has 0 saturated carbocycles. The summed E-state index contributed by atoms with van der Waals surface area (Å²) in [5.41, 5.74) is 5.87. The van der Waals surface area contributed by atoms with E-state index in [1.54, 1.807) is 23.0 Å². The quantitative estimate of drug-likeness (QED) is 0.523. The second kappa shape index (κ2) is 6.74. The Morgan fingerprint density at radius 1 is 1.27 bits per heavy atom. The molecule has 0 saturated heterocycles. The first-order valence-electron chi connectivity index (χ1n) is 8.63. The highest BCUT2D eigenvalue weighted by atomic mass is 19.1. The van der Waals surface area contributed by atoms with Gasteiger partial charge in [-0.25, -0.2) is 9.07 Å². The molecule has 7 heteroatoms. The first-order chi connectivity index (χ1) is 12.6. The van der Waals surface area contributed by atoms with Crippen LogP contribution < -0.4 is 0 Å². The molecular formula is C19H20FN5O. The first kappa shape index (κ1) is 16.5. The average molecular weight is 353 g/mol. The van der Waals surface area contributed by atoms with Crippen molar-refractivity contribution >= 4 is 5.71 Å². The van der Waals surface area contributed by atoms with E-state index in [1.807, 2.05) is 24.9 Å². The molecule has 0 N–H and O–H groups in total. The first-order valence-corrected chi connectivity index (χ1v) is 8.63. The number of aromatic nitrogens is 4. The molecule has 0 atom stereocenters. The molecule has 6 nitrogen and oxygen atoms in total. The SMILES string of the molecule is C/C(=N\OCc1nn(-c2ccc(F)cc2)c2c1CCC2)c1cnn(C)c1. The molecule has 0 amide bonds. The number of fused-ring (bicyclic) bond motifs is 1. The zero-order valence-corrected chi connectivity index (χ0v) is 14.8. The number of hydrogen-bond donors (Lipinski definition) is 0. The lowest BCUT2D eigenvalue weighted by Crippen LogP contribution is -2.02. The van der Waals surface area contributed by atoms with Gasteiger partial charge < -0.3 is 4.84 Å². The maximum atomic E-state index is 13.2. The van der Waals surface area contributed by atoms with Gasteiger partial charge in [-0.2, -0.15) is 10.2 Å². The van der Waals surface area contributed by atoms with Gasteiger partial charge in [0.15, 0.2) is 6.61 Å². The number of benzene rings is 1. The van der Waals surface area contributed by atoms with Crippen molar-refractivity contribution in [3.8, 4) is 5.69 Å². The van der Waals surface area contributed by atoms with Crippen LogP contribution in [-0.2, 0) is 31.3 Å². The van der Waals surface area contributed by atoms with Crippen LogP contribution in [0.4, 0.5) is 4.39 Å². The lowest BCUT2D eigenvalue weighted by molar-refractivity contribution is 0.127. The predicted molar refractivity (Wildman–Crippen MR) is 95.8 cm³/mol. The van der Waals surface area contributed by atoms with Crippen LogP contribution in [0.15, 0.2) is 41.8 Å². The number of halogens is 1. The Bertz CT molecular complexity index is 955. The molecule has 26 heavy (non-hydrogen) atoms. The maximum absolute atomic E-state index is 13.2. The number of hydrogen-bond acceptors (Lipinski definition) is 4. The summed E-state index contributed by atoms with van der Waals surface area (Å²) in [6.07, 6.45) is 6.70. The highest BCUT2D eigenvalue weighted by Crippen LogP contribution is 2.28. The summed E-state index contributed by atoms with van der Waals surface area (Å²) in [6.45, 7) is 2.20. The second-order valence-electron chi connectivity index (χ2n) is 6.47. The van der Waals surface area contributed by atoms with Gasteiger partial charge in [-0.05, 0) is 50.5 Å². The van der Waals surface area contributed by atoms with Crippen molar-refractivity contribution < 1.29 is 9.23 Å². The summed E-state index contributed by atoms with van der Waals surface area (Å²) >= 11 is 0. The fraction of sp³-hybridized carbons (Fsp3) is 0.316. The third-order valence-electron chi connectivity index (χ3n) is 4.61. The Hall–Kier alpha value is -2.96. The topological polar surface area (TPSA) is 57.2 Å². The molecule has 1 aliphatic rings. The van der Waals surface area contributed by atoms with Gasteiger partial charge in [0, 0.05) is 30.1 Å². The van der Waals surface area contributed by atoms with E-state index in [0.717, 1.165) is 41.9 Å². The minimum atomic E-state index is -0.249. The molecule has 3 aromatic rings. The third kappa shape index (κ3) is 3.12. The van der Waals surface area contributed by atoms with Crippen LogP contribution in [0, 0.1) is 5.82 Å². The van der Waals surface area contributed by atoms with Crippen LogP contribution in [0.2, 0.25) is 0 Å². The molecule has 134 valence electrons. The molecule has 0 aliphatic heterocycles. The molecule has 0 radical (unpaired) electrons. The van der Waals surface area contributed by atoms with Crippen LogP contribution in [0.3, 0.4) is 0 Å². The van der Waals surface area contributed by atoms with Gasteiger partial charge in [-0.3, -0.25) is 4.68 Å². The van der Waals surface area contributed by atoms with E-state index in [9.17, 15) is 4.39 Å². The van der Waals surface area contributed by atoms with Gasteiger partial charge in [0.25, 0.3) is 0 Å². The van der Waals surface area contributed by atoms with Crippen molar-refractivity contribution in [1.82, 2.24) is 19.6 Å². The summed E-state index contributed by atoms with van der Waals surface area (Å²) in [7, 11) is 1.86. The largest absolute Gasteiger partial charge is 0.389 e. The van der Waals surface area contributed by atoms with Crippen molar-refractivity contribution in [1.29, 1.82) is 0 Å². The van der Waals surface area contributed by atoms with Crippen LogP contribution in [-0.4, -0.2) is 25.3 Å². The third-order valence-corrected chi connectivity index (χ3v) is 4.61. The van der Waals surface area contributed by atoms with Gasteiger partial charge in [0.05, 0.1) is 17.6 Å². The van der Waals surface area contributed by atoms with Gasteiger partial charge in [0.1, 0.15) is 11.5 Å². The smallest absolute Gasteiger partial charge is 0.161 e. The minimum absolute atomic E-state index is 0.249. The molecule has 0 fully saturated rings. The van der Waals surface area contributed by atoms with E-state index in [0.29, 0.717) is 6.61 Å². The highest BCUT2D eigenvalue weighted by molar-refractivity contribution is 5.97. The van der Waals surface area contributed by atoms with E-state index >= 15 is 0 Å². The number of aryl methyl sites for hydroxylation is 1. The lowest BCUT2D eigenvalue weighted by Gasteiger charge is -2.05. The number of rotatable bonds is 5. The molecule has 2 aromatic heterocycles. The van der Waals surface area contributed by atoms with E-state index < -0.39 is 0 Å². The minimum Gasteiger partial charge on any atom is -0.389 e. The van der Waals surface area contributed by atoms with E-state index in [-0.39, 0.29) is 5.82 Å². The lowest BCUT2D eigenvalue weighted by atomic mass is 10.2. The zero-order chi connectivity index (χ0) is 18.1. The summed E-state index contributed by atoms with van der Waals surface area (Å²) in [4.78, 5) is 5.55. The Labute approximate surface area is 150 Å². The monoisotopic (exact) mass is 353 g/mol. The van der Waals surface area contributed by atoms with Crippen molar-refractivity contribution in [3.05, 3.63) is 65.0 Å². The molecule has 0 unspecified atom stereocenters. The maximum Gasteiger partial charge on any atom is 0.161 e. The van der Waals surface area contributed by atoms with Gasteiger partial charge >= 0.3 is 0 Å². The molecule has 1 aromatic carbocycles. The van der Waals surface area contributed by atoms with E-state index in [1.165, 1.54) is 23.4 Å². The second-order valence-corrected chi connectivity index (χ2v) is 6.47. The fourth-order valence-corrected chi connectivity index (χ4v) is 3.28. The molecule has 4 rings (SSSR count). The molecule has 0 bridgehead atoms. The molecular weight excluding hydrogens is 333 g/mol. The molecule has 2 heterocycles. The van der Waals surface area contributed by atoms with Gasteiger partial charge in [-0.1, -0.05) is 5.16 Å². The van der Waals surface area contributed by atoms with Crippen LogP contribution >= 0.6 is 0 Å². The summed E-state index contributed by atoms with van der Waals surface area (Å²) in [5.74, 6) is -0.249. The van der Waals surface area contributed by atoms with Crippen molar-refractivity contribution in [3.63, 3.8) is 0 Å². The van der Waals surface area contributed by atoms with Crippen molar-refractivity contribution in [2.75, 3.05) is 0 Å². The molecule has 0 spiro atoms. The van der Waals surface area contributed by atoms with Crippen molar-refractivity contribution in [2.24, 2.45) is 12.2 Å². The summed E-state index contributed by atoms with van der Waals surface area (Å²) in [6, 6.07) is 6.40. The summed E-state index contributed by atoms with van der Waals surface area (Å²) in [5, 5.41) is 13.0. The van der Waals surface area contributed by atoms with Gasteiger partial charge in [0.2, 0.25) is 0 Å². The van der Waals surface area contributed by atoms with Gasteiger partial charge in [-0.15, -0.1) is 0 Å². The number of nitrogens with zero attached hydrogens (tertiary/aromatic N) is 5. The normalized spacial score (nSPS) is 13.9.